The number of phenols is 1. The number of nitrogens with one attached hydrogen (secondary N) is 5. The molecule has 1 aliphatic heterocycles. The van der Waals surface area contributed by atoms with E-state index in [-0.39, 0.29) is 82.1 Å². The molecule has 0 bridgehead atoms. The van der Waals surface area contributed by atoms with Crippen molar-refractivity contribution in [1.29, 1.82) is 0 Å². The standard InChI is InChI=1S/C43H63N11O11/c1-24(2)20-31(37(59)50-30(42(64)65)10-6-18-48-43(46)47)51-38(60)32(22-25-8-4-3-5-9-25)52-39(61)33(23-55)53-36(58)29(16-17-35(45)57)49-40(62)34-11-7-19-54(34)41(63)28(44)21-26-12-14-27(56)15-13-26/h3-5,8-9,12-15,24,28-34,55-56H,6-7,10-11,16-23,44H2,1-2H3,(H2,45,57)(H,49,62)(H,50,59)(H,51,60)(H,52,61)(H,53,58)(H,64,65)(H4,46,47,48)/t28-,29-,30-,31-,32-,33-,34-/m0/s1. The maximum atomic E-state index is 14.0. The highest BCUT2D eigenvalue weighted by Crippen LogP contribution is 2.20. The van der Waals surface area contributed by atoms with Crippen molar-refractivity contribution >= 4 is 53.3 Å². The number of aliphatic hydroxyl groups is 1. The number of carboxylic acid groups (broad SMARTS) is 1. The van der Waals surface area contributed by atoms with Crippen molar-refractivity contribution in [2.24, 2.45) is 33.8 Å². The molecular formula is C43H63N11O11. The second-order valence-electron chi connectivity index (χ2n) is 16.3. The number of benzene rings is 2. The lowest BCUT2D eigenvalue weighted by Gasteiger charge is -2.29. The molecule has 1 fully saturated rings. The second kappa shape index (κ2) is 26.1. The molecule has 2 aromatic carbocycles. The topological polar surface area (TPSA) is 377 Å². The Labute approximate surface area is 376 Å². The molecule has 1 aliphatic rings. The number of hydrogen-bond donors (Lipinski definition) is 12. The van der Waals surface area contributed by atoms with Crippen molar-refractivity contribution in [3.8, 4) is 5.75 Å². The van der Waals surface area contributed by atoms with Crippen LogP contribution >= 0.6 is 0 Å². The summed E-state index contributed by atoms with van der Waals surface area (Å²) in [6, 6.07) is 5.43. The Bertz CT molecular complexity index is 1980. The highest BCUT2D eigenvalue weighted by atomic mass is 16.4. The summed E-state index contributed by atoms with van der Waals surface area (Å²) in [6.07, 6.45) is 0.294. The monoisotopic (exact) mass is 909 g/mol. The summed E-state index contributed by atoms with van der Waals surface area (Å²) >= 11 is 0. The third-order valence-corrected chi connectivity index (χ3v) is 10.5. The molecule has 0 aromatic heterocycles. The van der Waals surface area contributed by atoms with Crippen LogP contribution in [0.2, 0.25) is 0 Å². The van der Waals surface area contributed by atoms with E-state index in [2.05, 4.69) is 31.6 Å². The first-order valence-corrected chi connectivity index (χ1v) is 21.4. The molecule has 7 amide bonds. The van der Waals surface area contributed by atoms with Gasteiger partial charge in [-0.2, -0.15) is 0 Å². The smallest absolute Gasteiger partial charge is 0.326 e. The summed E-state index contributed by atoms with van der Waals surface area (Å²) in [7, 11) is 0. The maximum absolute atomic E-state index is 14.0. The van der Waals surface area contributed by atoms with Gasteiger partial charge in [0.2, 0.25) is 41.4 Å². The van der Waals surface area contributed by atoms with Gasteiger partial charge < -0.3 is 69.7 Å². The minimum Gasteiger partial charge on any atom is -0.508 e. The third-order valence-electron chi connectivity index (χ3n) is 10.5. The van der Waals surface area contributed by atoms with E-state index in [1.165, 1.54) is 17.0 Å². The van der Waals surface area contributed by atoms with E-state index in [4.69, 9.17) is 22.9 Å². The third kappa shape index (κ3) is 17.7. The van der Waals surface area contributed by atoms with Gasteiger partial charge in [-0.3, -0.25) is 38.6 Å². The minimum absolute atomic E-state index is 0.0232. The van der Waals surface area contributed by atoms with Gasteiger partial charge in [-0.25, -0.2) is 4.79 Å². The number of aliphatic hydroxyl groups excluding tert-OH is 1. The molecule has 7 atom stereocenters. The lowest BCUT2D eigenvalue weighted by Crippen LogP contribution is -2.60. The normalized spacial score (nSPS) is 16.1. The lowest BCUT2D eigenvalue weighted by atomic mass is 10.00. The van der Waals surface area contributed by atoms with E-state index in [1.54, 1.807) is 56.3 Å². The van der Waals surface area contributed by atoms with E-state index in [0.717, 1.165) is 0 Å². The predicted molar refractivity (Wildman–Crippen MR) is 237 cm³/mol. The molecule has 22 nitrogen and oxygen atoms in total. The number of nitrogens with two attached hydrogens (primary N) is 4. The molecule has 16 N–H and O–H groups in total. The Balaban J connectivity index is 1.77. The van der Waals surface area contributed by atoms with Gasteiger partial charge in [0.25, 0.3) is 0 Å². The van der Waals surface area contributed by atoms with Gasteiger partial charge in [-0.15, -0.1) is 0 Å². The van der Waals surface area contributed by atoms with Gasteiger partial charge in [0.05, 0.1) is 12.6 Å². The lowest BCUT2D eigenvalue weighted by molar-refractivity contribution is -0.142. The van der Waals surface area contributed by atoms with E-state index in [1.807, 2.05) is 0 Å². The van der Waals surface area contributed by atoms with Crippen LogP contribution in [0.1, 0.15) is 69.9 Å². The van der Waals surface area contributed by atoms with Crippen LogP contribution in [0, 0.1) is 5.92 Å². The Hall–Kier alpha value is -6.81. The number of carbonyl (C=O) groups excluding carboxylic acids is 7. The largest absolute Gasteiger partial charge is 0.508 e. The Kier molecular flexibility index (Phi) is 21.1. The molecular weight excluding hydrogens is 847 g/mol. The number of rotatable bonds is 26. The molecule has 1 saturated heterocycles. The van der Waals surface area contributed by atoms with E-state index >= 15 is 0 Å². The van der Waals surface area contributed by atoms with Crippen LogP contribution in [0.3, 0.4) is 0 Å². The second-order valence-corrected chi connectivity index (χ2v) is 16.3. The van der Waals surface area contributed by atoms with Crippen molar-refractivity contribution in [3.63, 3.8) is 0 Å². The first-order valence-electron chi connectivity index (χ1n) is 21.4. The number of phenolic OH excluding ortho intramolecular Hbond substituents is 1. The van der Waals surface area contributed by atoms with Gasteiger partial charge in [-0.1, -0.05) is 56.3 Å². The van der Waals surface area contributed by atoms with Gasteiger partial charge in [0.1, 0.15) is 42.0 Å². The van der Waals surface area contributed by atoms with Crippen LogP contribution in [0.25, 0.3) is 0 Å². The first kappa shape index (κ1) is 52.5. The average molecular weight is 910 g/mol. The highest BCUT2D eigenvalue weighted by molar-refractivity contribution is 5.97. The Morgan fingerprint density at radius 3 is 1.91 bits per heavy atom. The number of nitrogens with zero attached hydrogens (tertiary/aromatic N) is 2. The molecule has 2 aromatic rings. The van der Waals surface area contributed by atoms with E-state index < -0.39 is 96.2 Å². The van der Waals surface area contributed by atoms with Crippen LogP contribution in [-0.2, 0) is 51.2 Å². The van der Waals surface area contributed by atoms with E-state index in [0.29, 0.717) is 17.5 Å². The molecule has 0 aliphatic carbocycles. The number of guanidine groups is 1. The zero-order valence-corrected chi connectivity index (χ0v) is 36.6. The number of aliphatic imine (C=N–C) groups is 1. The molecule has 1 heterocycles. The van der Waals surface area contributed by atoms with Gasteiger partial charge in [0, 0.05) is 25.9 Å². The van der Waals surface area contributed by atoms with Gasteiger partial charge in [0.15, 0.2) is 5.96 Å². The molecule has 356 valence electrons. The molecule has 0 spiro atoms. The molecule has 65 heavy (non-hydrogen) atoms. The molecule has 3 rings (SSSR count). The molecule has 0 radical (unpaired) electrons. The molecule has 0 saturated carbocycles. The number of likely N-dealkylation sites (tertiary alicyclic amines) is 1. The Morgan fingerprint density at radius 1 is 0.738 bits per heavy atom. The Morgan fingerprint density at radius 2 is 1.31 bits per heavy atom. The molecule has 22 heteroatoms. The van der Waals surface area contributed by atoms with Crippen LogP contribution in [-0.4, -0.2) is 135 Å². The van der Waals surface area contributed by atoms with Crippen LogP contribution in [0.4, 0.5) is 0 Å². The summed E-state index contributed by atoms with van der Waals surface area (Å²) in [4.78, 5) is 111. The summed E-state index contributed by atoms with van der Waals surface area (Å²) < 4.78 is 0. The summed E-state index contributed by atoms with van der Waals surface area (Å²) in [5, 5.41) is 42.2. The van der Waals surface area contributed by atoms with Crippen LogP contribution in [0.15, 0.2) is 59.6 Å². The molecule has 0 unspecified atom stereocenters. The van der Waals surface area contributed by atoms with Crippen molar-refractivity contribution in [1.82, 2.24) is 31.5 Å². The maximum Gasteiger partial charge on any atom is 0.326 e. The SMILES string of the molecule is CC(C)C[C@H](NC(=O)[C@H](Cc1ccccc1)NC(=O)[C@H](CO)NC(=O)[C@H](CCC(N)=O)NC(=O)[C@@H]1CCCN1C(=O)[C@@H](N)Cc1ccc(O)cc1)C(=O)N[C@@H](CCCN=C(N)N)C(=O)O. The number of primary amides is 1. The minimum atomic E-state index is -1.70. The van der Waals surface area contributed by atoms with E-state index in [9.17, 15) is 53.7 Å². The fourth-order valence-electron chi connectivity index (χ4n) is 7.12. The zero-order chi connectivity index (χ0) is 48.2. The summed E-state index contributed by atoms with van der Waals surface area (Å²) in [5.74, 6) is -7.31. The van der Waals surface area contributed by atoms with Crippen LogP contribution in [0.5, 0.6) is 5.75 Å². The number of aromatic hydroxyl groups is 1. The zero-order valence-electron chi connectivity index (χ0n) is 36.6. The fraction of sp³-hybridized carbons (Fsp3) is 0.512. The first-order chi connectivity index (χ1) is 30.8. The number of hydrogen-bond acceptors (Lipinski definition) is 12. The van der Waals surface area contributed by atoms with Gasteiger partial charge in [-0.05, 0) is 74.1 Å². The van der Waals surface area contributed by atoms with Crippen molar-refractivity contribution in [3.05, 3.63) is 65.7 Å². The predicted octanol–water partition coefficient (Wildman–Crippen LogP) is -2.64. The van der Waals surface area contributed by atoms with Gasteiger partial charge >= 0.3 is 5.97 Å². The number of carbonyl (C=O) groups is 8. The van der Waals surface area contributed by atoms with Crippen molar-refractivity contribution < 1.29 is 53.7 Å². The van der Waals surface area contributed by atoms with Crippen molar-refractivity contribution in [2.75, 3.05) is 19.7 Å². The summed E-state index contributed by atoms with van der Waals surface area (Å²) in [6.45, 7) is 2.92. The quantitative estimate of drug-likeness (QED) is 0.0261. The fourth-order valence-corrected chi connectivity index (χ4v) is 7.12. The number of carboxylic acids is 1. The highest BCUT2D eigenvalue weighted by Gasteiger charge is 2.38. The number of aliphatic carboxylic acids is 1. The van der Waals surface area contributed by atoms with Crippen LogP contribution < -0.4 is 49.5 Å². The summed E-state index contributed by atoms with van der Waals surface area (Å²) in [5.41, 5.74) is 23.5. The number of amides is 7. The average Bonchev–Trinajstić information content (AvgIpc) is 3.75. The van der Waals surface area contributed by atoms with Crippen molar-refractivity contribution in [2.45, 2.75) is 114 Å².